The zero-order valence-corrected chi connectivity index (χ0v) is 16.0. The predicted octanol–water partition coefficient (Wildman–Crippen LogP) is 4.39. The van der Waals surface area contributed by atoms with Gasteiger partial charge in [0.1, 0.15) is 8.68 Å². The maximum Gasteiger partial charge on any atom is 0.273 e. The summed E-state index contributed by atoms with van der Waals surface area (Å²) in [6, 6.07) is 11.8. The highest BCUT2D eigenvalue weighted by Gasteiger charge is 2.21. The lowest BCUT2D eigenvalue weighted by Gasteiger charge is -2.02. The van der Waals surface area contributed by atoms with Crippen LogP contribution in [0.2, 0.25) is 0 Å². The third-order valence-corrected chi connectivity index (χ3v) is 7.21. The molecule has 0 aliphatic rings. The van der Waals surface area contributed by atoms with E-state index in [0.29, 0.717) is 10.2 Å². The van der Waals surface area contributed by atoms with Crippen LogP contribution < -0.4 is 4.72 Å². The van der Waals surface area contributed by atoms with E-state index in [9.17, 15) is 8.42 Å². The first-order chi connectivity index (χ1) is 11.5. The van der Waals surface area contributed by atoms with Crippen molar-refractivity contribution in [1.29, 1.82) is 0 Å². The number of rotatable bonds is 6. The van der Waals surface area contributed by atoms with Crippen molar-refractivity contribution < 1.29 is 12.9 Å². The van der Waals surface area contributed by atoms with E-state index in [4.69, 9.17) is 4.52 Å². The smallest absolute Gasteiger partial charge is 0.273 e. The fourth-order valence-electron chi connectivity index (χ4n) is 2.15. The molecule has 0 fully saturated rings. The van der Waals surface area contributed by atoms with Crippen molar-refractivity contribution in [1.82, 2.24) is 5.16 Å². The Hall–Kier alpha value is -1.64. The molecule has 0 saturated carbocycles. The van der Waals surface area contributed by atoms with Crippen LogP contribution in [0.25, 0.3) is 0 Å². The summed E-state index contributed by atoms with van der Waals surface area (Å²) < 4.78 is 33.0. The van der Waals surface area contributed by atoms with Crippen molar-refractivity contribution >= 4 is 43.2 Å². The van der Waals surface area contributed by atoms with Gasteiger partial charge in [0.2, 0.25) is 0 Å². The van der Waals surface area contributed by atoms with Crippen LogP contribution in [0.5, 0.6) is 0 Å². The first-order valence-electron chi connectivity index (χ1n) is 7.21. The maximum absolute atomic E-state index is 12.4. The number of aromatic nitrogens is 1. The van der Waals surface area contributed by atoms with E-state index in [2.05, 4.69) is 37.9 Å². The summed E-state index contributed by atoms with van der Waals surface area (Å²) >= 11 is 4.45. The van der Waals surface area contributed by atoms with Crippen LogP contribution >= 0.6 is 27.3 Å². The number of anilines is 1. The van der Waals surface area contributed by atoms with Crippen LogP contribution in [0, 0.1) is 6.92 Å². The molecule has 0 saturated heterocycles. The third-order valence-electron chi connectivity index (χ3n) is 3.46. The van der Waals surface area contributed by atoms with Crippen molar-refractivity contribution in [2.24, 2.45) is 0 Å². The van der Waals surface area contributed by atoms with Gasteiger partial charge in [-0.05, 0) is 58.3 Å². The van der Waals surface area contributed by atoms with Gasteiger partial charge in [0, 0.05) is 0 Å². The predicted molar refractivity (Wildman–Crippen MR) is 97.9 cm³/mol. The maximum atomic E-state index is 12.4. The van der Waals surface area contributed by atoms with Gasteiger partial charge in [-0.2, -0.15) is 0 Å². The second-order valence-electron chi connectivity index (χ2n) is 5.28. The van der Waals surface area contributed by atoms with Crippen LogP contribution in [-0.2, 0) is 22.9 Å². The molecular weight excluding hydrogens is 412 g/mol. The van der Waals surface area contributed by atoms with Gasteiger partial charge >= 0.3 is 0 Å². The number of hydrogen-bond donors (Lipinski definition) is 1. The minimum Gasteiger partial charge on any atom is -0.336 e. The average molecular weight is 427 g/mol. The Bertz CT molecular complexity index is 933. The molecule has 0 unspecified atom stereocenters. The highest BCUT2D eigenvalue weighted by molar-refractivity contribution is 9.10. The topological polar surface area (TPSA) is 72.2 Å². The van der Waals surface area contributed by atoms with Gasteiger partial charge in [-0.1, -0.05) is 35.5 Å². The van der Waals surface area contributed by atoms with Crippen LogP contribution in [-0.4, -0.2) is 13.6 Å². The third kappa shape index (κ3) is 3.88. The van der Waals surface area contributed by atoms with Gasteiger partial charge in [-0.25, -0.2) is 13.1 Å². The van der Waals surface area contributed by atoms with Crippen molar-refractivity contribution in [2.45, 2.75) is 24.0 Å². The number of halogens is 1. The van der Waals surface area contributed by atoms with E-state index in [1.807, 2.05) is 23.6 Å². The standard InChI is InChI=1S/C16H15BrN2O3S2/c1-11-15(17)16(22-18-11)19-24(20,21)14-9-13(10-23-14)8-7-12-5-3-2-4-6-12/h2-6,9-10,19H,7-8H2,1H3. The summed E-state index contributed by atoms with van der Waals surface area (Å²) in [6.45, 7) is 1.72. The number of aryl methyl sites for hydroxylation is 3. The molecule has 0 spiro atoms. The van der Waals surface area contributed by atoms with E-state index in [1.54, 1.807) is 13.0 Å². The Kier molecular flexibility index (Phi) is 5.07. The zero-order chi connectivity index (χ0) is 17.2. The van der Waals surface area contributed by atoms with Crippen LogP contribution in [0.4, 0.5) is 5.88 Å². The SMILES string of the molecule is Cc1noc(NS(=O)(=O)c2cc(CCc3ccccc3)cs2)c1Br. The second-order valence-corrected chi connectivity index (χ2v) is 8.89. The Morgan fingerprint density at radius 1 is 1.21 bits per heavy atom. The van der Waals surface area contributed by atoms with Gasteiger partial charge in [0.15, 0.2) is 0 Å². The molecule has 0 amide bonds. The van der Waals surface area contributed by atoms with Gasteiger partial charge in [0.05, 0.1) is 5.69 Å². The molecule has 3 rings (SSSR count). The summed E-state index contributed by atoms with van der Waals surface area (Å²) in [7, 11) is -3.68. The molecule has 1 aromatic carbocycles. The van der Waals surface area contributed by atoms with Crippen LogP contribution in [0.15, 0.2) is 55.0 Å². The molecule has 24 heavy (non-hydrogen) atoms. The summed E-state index contributed by atoms with van der Waals surface area (Å²) in [4.78, 5) is 0. The average Bonchev–Trinajstić information content (AvgIpc) is 3.17. The molecule has 0 aliphatic carbocycles. The summed E-state index contributed by atoms with van der Waals surface area (Å²) in [5, 5.41) is 5.59. The van der Waals surface area contributed by atoms with Crippen LogP contribution in [0.1, 0.15) is 16.8 Å². The fraction of sp³-hybridized carbons (Fsp3) is 0.188. The summed E-state index contributed by atoms with van der Waals surface area (Å²) in [5.41, 5.74) is 2.81. The Labute approximate surface area is 152 Å². The number of benzene rings is 1. The molecule has 3 aromatic rings. The van der Waals surface area contributed by atoms with Crippen molar-refractivity contribution in [3.8, 4) is 0 Å². The number of thiophene rings is 1. The Morgan fingerprint density at radius 3 is 2.58 bits per heavy atom. The van der Waals surface area contributed by atoms with E-state index < -0.39 is 10.0 Å². The number of nitrogens with one attached hydrogen (secondary N) is 1. The molecule has 1 N–H and O–H groups in total. The normalized spacial score (nSPS) is 11.6. The molecule has 2 aromatic heterocycles. The Balaban J connectivity index is 1.71. The number of sulfonamides is 1. The molecular formula is C16H15BrN2O3S2. The molecule has 5 nitrogen and oxygen atoms in total. The quantitative estimate of drug-likeness (QED) is 0.633. The largest absolute Gasteiger partial charge is 0.336 e. The molecule has 0 bridgehead atoms. The molecule has 0 radical (unpaired) electrons. The first-order valence-corrected chi connectivity index (χ1v) is 10.4. The van der Waals surface area contributed by atoms with Gasteiger partial charge in [-0.15, -0.1) is 11.3 Å². The second kappa shape index (κ2) is 7.08. The number of hydrogen-bond acceptors (Lipinski definition) is 5. The lowest BCUT2D eigenvalue weighted by Crippen LogP contribution is -2.11. The zero-order valence-electron chi connectivity index (χ0n) is 12.8. The van der Waals surface area contributed by atoms with Crippen molar-refractivity contribution in [3.05, 3.63) is 63.1 Å². The molecule has 0 aliphatic heterocycles. The molecule has 0 atom stereocenters. The van der Waals surface area contributed by atoms with E-state index in [1.165, 1.54) is 16.9 Å². The molecule has 2 heterocycles. The Morgan fingerprint density at radius 2 is 1.92 bits per heavy atom. The highest BCUT2D eigenvalue weighted by Crippen LogP contribution is 2.29. The minimum atomic E-state index is -3.68. The lowest BCUT2D eigenvalue weighted by molar-refractivity contribution is 0.430. The van der Waals surface area contributed by atoms with Gasteiger partial charge in [0.25, 0.3) is 15.9 Å². The monoisotopic (exact) mass is 426 g/mol. The van der Waals surface area contributed by atoms with Crippen molar-refractivity contribution in [3.63, 3.8) is 0 Å². The van der Waals surface area contributed by atoms with Gasteiger partial charge < -0.3 is 4.52 Å². The molecule has 126 valence electrons. The first kappa shape index (κ1) is 17.2. The fourth-order valence-corrected chi connectivity index (χ4v) is 4.77. The highest BCUT2D eigenvalue weighted by atomic mass is 79.9. The summed E-state index contributed by atoms with van der Waals surface area (Å²) in [6.07, 6.45) is 1.67. The van der Waals surface area contributed by atoms with E-state index in [-0.39, 0.29) is 10.1 Å². The minimum absolute atomic E-state index is 0.0896. The molecule has 8 heteroatoms. The van der Waals surface area contributed by atoms with Crippen molar-refractivity contribution in [2.75, 3.05) is 4.72 Å². The number of nitrogens with zero attached hydrogens (tertiary/aromatic N) is 1. The van der Waals surface area contributed by atoms with Crippen LogP contribution in [0.3, 0.4) is 0 Å². The van der Waals surface area contributed by atoms with E-state index >= 15 is 0 Å². The summed E-state index contributed by atoms with van der Waals surface area (Å²) in [5.74, 6) is 0.0896. The lowest BCUT2D eigenvalue weighted by atomic mass is 10.1. The van der Waals surface area contributed by atoms with E-state index in [0.717, 1.165) is 18.4 Å². The van der Waals surface area contributed by atoms with Gasteiger partial charge in [-0.3, -0.25) is 0 Å².